The van der Waals surface area contributed by atoms with Gasteiger partial charge in [-0.15, -0.1) is 0 Å². The first kappa shape index (κ1) is 12.5. The van der Waals surface area contributed by atoms with Crippen LogP contribution in [0.2, 0.25) is 0 Å². The highest BCUT2D eigenvalue weighted by Crippen LogP contribution is 2.18. The quantitative estimate of drug-likeness (QED) is 0.711. The number of benzene rings is 1. The van der Waals surface area contributed by atoms with Crippen molar-refractivity contribution in [2.45, 2.75) is 11.3 Å². The molecule has 1 aromatic carbocycles. The van der Waals surface area contributed by atoms with Gasteiger partial charge in [0.2, 0.25) is 10.0 Å². The molecule has 7 nitrogen and oxygen atoms in total. The second-order valence-corrected chi connectivity index (χ2v) is 5.18. The smallest absolute Gasteiger partial charge is 0.240 e. The Bertz CT molecular complexity index is 609. The number of hydrogen-bond acceptors (Lipinski definition) is 5. The predicted octanol–water partition coefficient (Wildman–Crippen LogP) is 0.107. The third-order valence-electron chi connectivity index (χ3n) is 2.34. The van der Waals surface area contributed by atoms with E-state index in [0.29, 0.717) is 18.7 Å². The van der Waals surface area contributed by atoms with Crippen LogP contribution < -0.4 is 10.5 Å². The largest absolute Gasteiger partial charge is 0.383 e. The van der Waals surface area contributed by atoms with E-state index in [9.17, 15) is 8.42 Å². The summed E-state index contributed by atoms with van der Waals surface area (Å²) in [5.41, 5.74) is 0.486. The zero-order valence-electron chi connectivity index (χ0n) is 9.50. The highest BCUT2D eigenvalue weighted by Gasteiger charge is 2.12. The number of anilines is 1. The van der Waals surface area contributed by atoms with E-state index in [4.69, 9.17) is 5.14 Å². The molecule has 1 heterocycles. The summed E-state index contributed by atoms with van der Waals surface area (Å²) in [4.78, 5) is 4.05. The van der Waals surface area contributed by atoms with Crippen molar-refractivity contribution in [3.05, 3.63) is 36.4 Å². The summed E-state index contributed by atoms with van der Waals surface area (Å²) in [6, 6.07) is 6.50. The zero-order valence-corrected chi connectivity index (χ0v) is 10.3. The maximum Gasteiger partial charge on any atom is 0.240 e. The van der Waals surface area contributed by atoms with Crippen molar-refractivity contribution < 1.29 is 8.42 Å². The van der Waals surface area contributed by atoms with Gasteiger partial charge >= 0.3 is 0 Å². The first-order chi connectivity index (χ1) is 8.57. The topological polar surface area (TPSA) is 114 Å². The molecule has 96 valence electrons. The van der Waals surface area contributed by atoms with Crippen molar-refractivity contribution in [3.63, 3.8) is 0 Å². The first-order valence-corrected chi connectivity index (χ1v) is 6.82. The summed E-state index contributed by atoms with van der Waals surface area (Å²) in [5.74, 6) is 0.732. The van der Waals surface area contributed by atoms with Gasteiger partial charge in [-0.25, -0.2) is 18.5 Å². The van der Waals surface area contributed by atoms with Crippen molar-refractivity contribution in [2.24, 2.45) is 5.14 Å². The molecule has 0 aliphatic rings. The summed E-state index contributed by atoms with van der Waals surface area (Å²) in [5, 5.41) is 14.6. The number of para-hydroxylation sites is 1. The van der Waals surface area contributed by atoms with Crippen molar-refractivity contribution in [1.82, 2.24) is 15.2 Å². The Morgan fingerprint density at radius 1 is 1.33 bits per heavy atom. The Balaban J connectivity index is 2.06. The number of nitrogens with two attached hydrogens (primary N) is 1. The van der Waals surface area contributed by atoms with Crippen LogP contribution in [-0.4, -0.2) is 30.1 Å². The summed E-state index contributed by atoms with van der Waals surface area (Å²) < 4.78 is 22.7. The summed E-state index contributed by atoms with van der Waals surface area (Å²) in [6.45, 7) is 0.529. The van der Waals surface area contributed by atoms with Gasteiger partial charge in [-0.2, -0.15) is 5.10 Å². The van der Waals surface area contributed by atoms with Gasteiger partial charge in [0, 0.05) is 13.0 Å². The van der Waals surface area contributed by atoms with Crippen LogP contribution in [0.1, 0.15) is 5.82 Å². The Hall–Kier alpha value is -1.93. The number of hydrogen-bond donors (Lipinski definition) is 3. The standard InChI is InChI=1S/C10H13N5O2S/c11-18(16,17)9-4-2-1-3-8(9)12-6-5-10-13-7-14-15-10/h1-4,7,12H,5-6H2,(H2,11,16,17)(H,13,14,15). The number of nitrogens with one attached hydrogen (secondary N) is 2. The van der Waals surface area contributed by atoms with Gasteiger partial charge in [-0.05, 0) is 12.1 Å². The second-order valence-electron chi connectivity index (χ2n) is 3.65. The first-order valence-electron chi connectivity index (χ1n) is 5.27. The van der Waals surface area contributed by atoms with Crippen LogP contribution in [0.15, 0.2) is 35.5 Å². The third-order valence-corrected chi connectivity index (χ3v) is 3.30. The fourth-order valence-electron chi connectivity index (χ4n) is 1.53. The minimum absolute atomic E-state index is 0.0857. The van der Waals surface area contributed by atoms with Gasteiger partial charge in [-0.3, -0.25) is 5.10 Å². The van der Waals surface area contributed by atoms with E-state index >= 15 is 0 Å². The van der Waals surface area contributed by atoms with Crippen LogP contribution in [0.4, 0.5) is 5.69 Å². The van der Waals surface area contributed by atoms with E-state index in [2.05, 4.69) is 20.5 Å². The van der Waals surface area contributed by atoms with Gasteiger partial charge in [0.25, 0.3) is 0 Å². The maximum atomic E-state index is 11.4. The SMILES string of the molecule is NS(=O)(=O)c1ccccc1NCCc1ncn[nH]1. The minimum atomic E-state index is -3.72. The molecule has 0 saturated heterocycles. The average Bonchev–Trinajstić information content (AvgIpc) is 2.81. The zero-order chi connectivity index (χ0) is 13.0. The second kappa shape index (κ2) is 5.15. The molecule has 0 fully saturated rings. The highest BCUT2D eigenvalue weighted by molar-refractivity contribution is 7.89. The van der Waals surface area contributed by atoms with E-state index in [1.54, 1.807) is 18.2 Å². The summed E-state index contributed by atoms with van der Waals surface area (Å²) in [6.07, 6.45) is 2.03. The van der Waals surface area contributed by atoms with E-state index in [1.807, 2.05) is 0 Å². The molecule has 0 amide bonds. The van der Waals surface area contributed by atoms with E-state index in [-0.39, 0.29) is 4.90 Å². The monoisotopic (exact) mass is 267 g/mol. The fourth-order valence-corrected chi connectivity index (χ4v) is 2.24. The lowest BCUT2D eigenvalue weighted by Gasteiger charge is -2.09. The number of aromatic amines is 1. The van der Waals surface area contributed by atoms with E-state index in [0.717, 1.165) is 5.82 Å². The van der Waals surface area contributed by atoms with Gasteiger partial charge in [0.05, 0.1) is 5.69 Å². The van der Waals surface area contributed by atoms with E-state index < -0.39 is 10.0 Å². The molecular weight excluding hydrogens is 254 g/mol. The number of primary sulfonamides is 1. The van der Waals surface area contributed by atoms with Crippen LogP contribution in [-0.2, 0) is 16.4 Å². The Kier molecular flexibility index (Phi) is 3.58. The van der Waals surface area contributed by atoms with Gasteiger partial charge in [0.1, 0.15) is 17.0 Å². The molecule has 0 aliphatic carbocycles. The van der Waals surface area contributed by atoms with Crippen LogP contribution in [0.25, 0.3) is 0 Å². The number of sulfonamides is 1. The summed E-state index contributed by atoms with van der Waals surface area (Å²) >= 11 is 0. The van der Waals surface area contributed by atoms with Crippen molar-refractivity contribution in [3.8, 4) is 0 Å². The van der Waals surface area contributed by atoms with Crippen LogP contribution in [0.5, 0.6) is 0 Å². The number of nitrogens with zero attached hydrogens (tertiary/aromatic N) is 2. The Morgan fingerprint density at radius 2 is 2.11 bits per heavy atom. The molecule has 18 heavy (non-hydrogen) atoms. The lowest BCUT2D eigenvalue weighted by molar-refractivity contribution is 0.598. The van der Waals surface area contributed by atoms with Gasteiger partial charge < -0.3 is 5.32 Å². The lowest BCUT2D eigenvalue weighted by atomic mass is 10.3. The number of aromatic nitrogens is 3. The van der Waals surface area contributed by atoms with Gasteiger partial charge in [0.15, 0.2) is 0 Å². The molecule has 2 aromatic rings. The number of H-pyrrole nitrogens is 1. The van der Waals surface area contributed by atoms with Gasteiger partial charge in [-0.1, -0.05) is 12.1 Å². The molecule has 0 unspecified atom stereocenters. The fraction of sp³-hybridized carbons (Fsp3) is 0.200. The molecule has 2 rings (SSSR count). The highest BCUT2D eigenvalue weighted by atomic mass is 32.2. The number of rotatable bonds is 5. The molecule has 0 atom stereocenters. The normalized spacial score (nSPS) is 11.4. The predicted molar refractivity (Wildman–Crippen MR) is 66.4 cm³/mol. The molecule has 0 aliphatic heterocycles. The maximum absolute atomic E-state index is 11.4. The average molecular weight is 267 g/mol. The summed E-state index contributed by atoms with van der Waals surface area (Å²) in [7, 11) is -3.72. The lowest BCUT2D eigenvalue weighted by Crippen LogP contribution is -2.16. The van der Waals surface area contributed by atoms with Crippen molar-refractivity contribution in [2.75, 3.05) is 11.9 Å². The van der Waals surface area contributed by atoms with Crippen LogP contribution >= 0.6 is 0 Å². The molecule has 0 radical (unpaired) electrons. The molecule has 0 spiro atoms. The Labute approximate surface area is 104 Å². The minimum Gasteiger partial charge on any atom is -0.383 e. The molecule has 1 aromatic heterocycles. The molecular formula is C10H13N5O2S. The molecule has 8 heteroatoms. The van der Waals surface area contributed by atoms with Crippen molar-refractivity contribution in [1.29, 1.82) is 0 Å². The van der Waals surface area contributed by atoms with E-state index in [1.165, 1.54) is 12.4 Å². The van der Waals surface area contributed by atoms with Crippen molar-refractivity contribution >= 4 is 15.7 Å². The molecule has 0 bridgehead atoms. The third kappa shape index (κ3) is 3.05. The molecule has 0 saturated carbocycles. The molecule has 4 N–H and O–H groups in total. The van der Waals surface area contributed by atoms with Crippen LogP contribution in [0.3, 0.4) is 0 Å². The van der Waals surface area contributed by atoms with Crippen LogP contribution in [0, 0.1) is 0 Å². The Morgan fingerprint density at radius 3 is 2.78 bits per heavy atom.